The molecule has 2 atom stereocenters. The van der Waals surface area contributed by atoms with Gasteiger partial charge in [0, 0.05) is 48.8 Å². The molecule has 2 aromatic rings. The van der Waals surface area contributed by atoms with Gasteiger partial charge in [0.15, 0.2) is 5.60 Å². The van der Waals surface area contributed by atoms with Gasteiger partial charge < -0.3 is 15.1 Å². The van der Waals surface area contributed by atoms with E-state index >= 15 is 0 Å². The maximum absolute atomic E-state index is 12.8. The molecule has 1 fully saturated rings. The Hall–Kier alpha value is -2.53. The Bertz CT molecular complexity index is 875. The molecule has 1 saturated heterocycles. The van der Waals surface area contributed by atoms with Gasteiger partial charge in [0.2, 0.25) is 0 Å². The number of benzene rings is 2. The fourth-order valence-corrected chi connectivity index (χ4v) is 4.14. The molecule has 140 valence electrons. The van der Waals surface area contributed by atoms with Gasteiger partial charge in [-0.25, -0.2) is 4.79 Å². The van der Waals surface area contributed by atoms with Crippen molar-refractivity contribution in [2.75, 3.05) is 18.4 Å². The van der Waals surface area contributed by atoms with Crippen LogP contribution in [0.25, 0.3) is 0 Å². The van der Waals surface area contributed by atoms with Crippen molar-refractivity contribution in [2.45, 2.75) is 31.3 Å². The Morgan fingerprint density at radius 1 is 1.30 bits per heavy atom. The second kappa shape index (κ2) is 7.24. The average molecular weight is 384 g/mol. The number of anilines is 1. The number of hydrogen-bond donors (Lipinski definition) is 1. The third kappa shape index (κ3) is 3.65. The molecule has 0 bridgehead atoms. The second-order valence-electron chi connectivity index (χ2n) is 7.25. The number of urea groups is 1. The third-order valence-electron chi connectivity index (χ3n) is 5.40. The zero-order chi connectivity index (χ0) is 18.9. The number of halogens is 1. The van der Waals surface area contributed by atoms with Crippen molar-refractivity contribution in [3.05, 3.63) is 64.7 Å². The van der Waals surface area contributed by atoms with Gasteiger partial charge in [0.1, 0.15) is 0 Å². The van der Waals surface area contributed by atoms with E-state index in [0.717, 1.165) is 12.8 Å². The van der Waals surface area contributed by atoms with E-state index in [-0.39, 0.29) is 17.6 Å². The Labute approximate surface area is 163 Å². The number of nitrogens with zero attached hydrogens (tertiary/aromatic N) is 2. The van der Waals surface area contributed by atoms with Gasteiger partial charge in [0.05, 0.1) is 0 Å². The zero-order valence-corrected chi connectivity index (χ0v) is 15.9. The van der Waals surface area contributed by atoms with Crippen LogP contribution >= 0.6 is 11.6 Å². The van der Waals surface area contributed by atoms with Gasteiger partial charge in [0.25, 0.3) is 0 Å². The Kier molecular flexibility index (Phi) is 4.79. The number of likely N-dealkylation sites (tertiary alicyclic amines) is 1. The summed E-state index contributed by atoms with van der Waals surface area (Å²) in [7, 11) is 0. The van der Waals surface area contributed by atoms with Crippen LogP contribution in [0, 0.1) is 6.92 Å². The minimum atomic E-state index is -0.360. The molecule has 5 nitrogen and oxygen atoms in total. The standard InChI is InChI=1S/C21H22ClN3O2/c1-15-4-2-5-16(12-15)19-14-25(11-9-21(19)8-10-23-27-21)20(26)24-18-7-3-6-17(22)13-18/h2-7,10,12-13,19H,8-9,11,14H2,1H3,(H,24,26). The van der Waals surface area contributed by atoms with Crippen LogP contribution in [0.1, 0.15) is 29.9 Å². The lowest BCUT2D eigenvalue weighted by molar-refractivity contribution is -0.0712. The third-order valence-corrected chi connectivity index (χ3v) is 5.63. The van der Waals surface area contributed by atoms with Crippen molar-refractivity contribution in [3.8, 4) is 0 Å². The lowest BCUT2D eigenvalue weighted by Gasteiger charge is -2.43. The molecule has 2 unspecified atom stereocenters. The van der Waals surface area contributed by atoms with Gasteiger partial charge in [-0.15, -0.1) is 0 Å². The SMILES string of the molecule is Cc1cccc(C2CN(C(=O)Nc3cccc(Cl)c3)CCC23CC=NO3)c1. The number of oxime groups is 1. The minimum Gasteiger partial charge on any atom is -0.388 e. The molecule has 2 aromatic carbocycles. The number of piperidine rings is 1. The van der Waals surface area contributed by atoms with Gasteiger partial charge in [-0.3, -0.25) is 0 Å². The number of hydrogen-bond acceptors (Lipinski definition) is 3. The summed E-state index contributed by atoms with van der Waals surface area (Å²) in [6, 6.07) is 15.5. The molecule has 4 rings (SSSR count). The number of nitrogens with one attached hydrogen (secondary N) is 1. The molecule has 2 heterocycles. The van der Waals surface area contributed by atoms with Crippen molar-refractivity contribution in [3.63, 3.8) is 0 Å². The van der Waals surface area contributed by atoms with Crippen LogP contribution in [0.15, 0.2) is 53.7 Å². The molecular formula is C21H22ClN3O2. The van der Waals surface area contributed by atoms with Crippen molar-refractivity contribution < 1.29 is 9.63 Å². The predicted octanol–water partition coefficient (Wildman–Crippen LogP) is 4.81. The normalized spacial score (nSPS) is 24.1. The molecule has 2 aliphatic rings. The molecule has 2 aliphatic heterocycles. The fourth-order valence-electron chi connectivity index (χ4n) is 3.95. The summed E-state index contributed by atoms with van der Waals surface area (Å²) >= 11 is 6.02. The maximum Gasteiger partial charge on any atom is 0.321 e. The van der Waals surface area contributed by atoms with Crippen LogP contribution in [0.4, 0.5) is 10.5 Å². The summed E-state index contributed by atoms with van der Waals surface area (Å²) in [4.78, 5) is 20.5. The first-order chi connectivity index (χ1) is 13.1. The first kappa shape index (κ1) is 17.9. The summed E-state index contributed by atoms with van der Waals surface area (Å²) in [6.07, 6.45) is 3.36. The van der Waals surface area contributed by atoms with E-state index in [2.05, 4.69) is 41.7 Å². The van der Waals surface area contributed by atoms with Crippen LogP contribution in [0.3, 0.4) is 0 Å². The van der Waals surface area contributed by atoms with E-state index in [4.69, 9.17) is 16.4 Å². The number of carbonyl (C=O) groups is 1. The summed E-state index contributed by atoms with van der Waals surface area (Å²) in [5, 5.41) is 7.59. The first-order valence-corrected chi connectivity index (χ1v) is 9.52. The predicted molar refractivity (Wildman–Crippen MR) is 108 cm³/mol. The number of aryl methyl sites for hydroxylation is 1. The molecule has 1 N–H and O–H groups in total. The van der Waals surface area contributed by atoms with Crippen LogP contribution in [-0.4, -0.2) is 35.8 Å². The van der Waals surface area contributed by atoms with E-state index < -0.39 is 0 Å². The lowest BCUT2D eigenvalue weighted by atomic mass is 9.75. The Balaban J connectivity index is 1.55. The van der Waals surface area contributed by atoms with Crippen LogP contribution < -0.4 is 5.32 Å². The fraction of sp³-hybridized carbons (Fsp3) is 0.333. The molecule has 0 saturated carbocycles. The zero-order valence-electron chi connectivity index (χ0n) is 15.2. The van der Waals surface area contributed by atoms with Gasteiger partial charge in [-0.2, -0.15) is 0 Å². The average Bonchev–Trinajstić information content (AvgIpc) is 3.11. The molecule has 0 radical (unpaired) electrons. The summed E-state index contributed by atoms with van der Waals surface area (Å²) < 4.78 is 0. The highest BCUT2D eigenvalue weighted by Gasteiger charge is 2.48. The van der Waals surface area contributed by atoms with Crippen LogP contribution in [0.2, 0.25) is 5.02 Å². The van der Waals surface area contributed by atoms with Gasteiger partial charge >= 0.3 is 6.03 Å². The smallest absolute Gasteiger partial charge is 0.321 e. The summed E-state index contributed by atoms with van der Waals surface area (Å²) in [5.41, 5.74) is 2.71. The van der Waals surface area contributed by atoms with Crippen LogP contribution in [-0.2, 0) is 4.84 Å². The number of carbonyl (C=O) groups excluding carboxylic acids is 1. The highest BCUT2D eigenvalue weighted by atomic mass is 35.5. The van der Waals surface area contributed by atoms with Gasteiger partial charge in [-0.05, 0) is 30.7 Å². The topological polar surface area (TPSA) is 53.9 Å². The second-order valence-corrected chi connectivity index (χ2v) is 7.69. The summed E-state index contributed by atoms with van der Waals surface area (Å²) in [6.45, 7) is 3.28. The summed E-state index contributed by atoms with van der Waals surface area (Å²) in [5.74, 6) is 0.0683. The Morgan fingerprint density at radius 2 is 2.15 bits per heavy atom. The number of rotatable bonds is 2. The highest BCUT2D eigenvalue weighted by molar-refractivity contribution is 6.30. The monoisotopic (exact) mass is 383 g/mol. The van der Waals surface area contributed by atoms with Gasteiger partial charge in [-0.1, -0.05) is 52.7 Å². The van der Waals surface area contributed by atoms with Crippen molar-refractivity contribution in [1.82, 2.24) is 4.90 Å². The molecule has 1 spiro atoms. The van der Waals surface area contributed by atoms with E-state index in [1.165, 1.54) is 11.1 Å². The molecule has 27 heavy (non-hydrogen) atoms. The van der Waals surface area contributed by atoms with E-state index in [9.17, 15) is 4.79 Å². The van der Waals surface area contributed by atoms with Crippen molar-refractivity contribution >= 4 is 29.5 Å². The van der Waals surface area contributed by atoms with E-state index in [1.807, 2.05) is 23.2 Å². The van der Waals surface area contributed by atoms with Crippen molar-refractivity contribution in [1.29, 1.82) is 0 Å². The van der Waals surface area contributed by atoms with E-state index in [1.54, 1.807) is 12.1 Å². The Morgan fingerprint density at radius 3 is 2.89 bits per heavy atom. The minimum absolute atomic E-state index is 0.0683. The molecule has 2 amide bonds. The molecule has 0 aliphatic carbocycles. The van der Waals surface area contributed by atoms with E-state index in [0.29, 0.717) is 23.8 Å². The van der Waals surface area contributed by atoms with Crippen LogP contribution in [0.5, 0.6) is 0 Å². The quantitative estimate of drug-likeness (QED) is 0.808. The molecule has 6 heteroatoms. The number of amides is 2. The highest BCUT2D eigenvalue weighted by Crippen LogP contribution is 2.43. The van der Waals surface area contributed by atoms with Crippen molar-refractivity contribution in [2.24, 2.45) is 5.16 Å². The largest absolute Gasteiger partial charge is 0.388 e. The molecule has 0 aromatic heterocycles. The lowest BCUT2D eigenvalue weighted by Crippen LogP contribution is -2.53. The molecular weight excluding hydrogens is 362 g/mol. The first-order valence-electron chi connectivity index (χ1n) is 9.14. The maximum atomic E-state index is 12.8.